The van der Waals surface area contributed by atoms with E-state index in [9.17, 15) is 9.90 Å². The second-order valence-electron chi connectivity index (χ2n) is 20.7. The van der Waals surface area contributed by atoms with Crippen molar-refractivity contribution in [2.75, 3.05) is 0 Å². The van der Waals surface area contributed by atoms with Crippen molar-refractivity contribution < 1.29 is 30.0 Å². The average molecular weight is 1080 g/mol. The van der Waals surface area contributed by atoms with Crippen molar-refractivity contribution in [1.29, 1.82) is 0 Å². The monoisotopic (exact) mass is 1080 g/mol. The number of nitrogens with zero attached hydrogens (tertiary/aromatic N) is 2. The van der Waals surface area contributed by atoms with Crippen molar-refractivity contribution in [2.45, 2.75) is 153 Å². The number of carbonyl (C=O) groups excluding carboxylic acids is 1. The van der Waals surface area contributed by atoms with Gasteiger partial charge in [-0.3, -0.25) is 4.79 Å². The van der Waals surface area contributed by atoms with Crippen LogP contribution < -0.4 is 10.4 Å². The van der Waals surface area contributed by atoms with Gasteiger partial charge in [-0.05, 0) is 82.6 Å². The number of rotatable bonds is 13. The van der Waals surface area contributed by atoms with Crippen LogP contribution >= 0.6 is 0 Å². The molecule has 351 valence electrons. The molecule has 1 N–H and O–H groups in total. The Morgan fingerprint density at radius 2 is 1.03 bits per heavy atom. The van der Waals surface area contributed by atoms with Crippen LogP contribution in [0.5, 0.6) is 0 Å². The van der Waals surface area contributed by atoms with Crippen LogP contribution in [0.3, 0.4) is 0 Å². The first kappa shape index (κ1) is 55.3. The normalized spacial score (nSPS) is 12.2. The van der Waals surface area contributed by atoms with Gasteiger partial charge in [0, 0.05) is 49.9 Å². The molecule has 4 nitrogen and oxygen atoms in total. The maximum absolute atomic E-state index is 11.9. The third-order valence-corrected chi connectivity index (χ3v) is 17.1. The number of aromatic nitrogens is 2. The molecule has 0 aliphatic rings. The summed E-state index contributed by atoms with van der Waals surface area (Å²) in [5.41, 5.74) is 9.08. The zero-order chi connectivity index (χ0) is 47.7. The van der Waals surface area contributed by atoms with Gasteiger partial charge >= 0.3 is 0 Å². The van der Waals surface area contributed by atoms with Gasteiger partial charge in [0.1, 0.15) is 5.76 Å². The largest absolute Gasteiger partial charge is 0.512 e. The van der Waals surface area contributed by atoms with Gasteiger partial charge in [-0.15, -0.1) is 69.8 Å². The van der Waals surface area contributed by atoms with Crippen LogP contribution in [0.1, 0.15) is 122 Å². The summed E-state index contributed by atoms with van der Waals surface area (Å²) in [6.45, 7) is 37.6. The molecule has 0 saturated carbocycles. The number of hydrogen-bond acceptors (Lipinski definition) is 4. The predicted octanol–water partition coefficient (Wildman–Crippen LogP) is 15.6. The van der Waals surface area contributed by atoms with Gasteiger partial charge < -0.3 is 15.1 Å². The minimum atomic E-state index is -1.31. The van der Waals surface area contributed by atoms with E-state index in [-0.39, 0.29) is 43.0 Å². The first-order valence-corrected chi connectivity index (χ1v) is 30.8. The molecule has 0 aliphatic heterocycles. The Labute approximate surface area is 409 Å². The molecule has 0 unspecified atom stereocenters. The van der Waals surface area contributed by atoms with Crippen molar-refractivity contribution >= 4 is 53.8 Å². The molecule has 0 amide bonds. The number of fused-ring (bicyclic) bond motifs is 2. The molecule has 1 radical (unpaired) electrons. The topological polar surface area (TPSA) is 63.1 Å². The number of ketones is 1. The third kappa shape index (κ3) is 14.5. The zero-order valence-electron chi connectivity index (χ0n) is 42.8. The van der Waals surface area contributed by atoms with Gasteiger partial charge in [-0.25, -0.2) is 0 Å². The summed E-state index contributed by atoms with van der Waals surface area (Å²) in [5, 5.41) is 18.0. The summed E-state index contributed by atoms with van der Waals surface area (Å²) in [5.74, 6) is 1.38. The van der Waals surface area contributed by atoms with Crippen LogP contribution in [0.4, 0.5) is 0 Å². The predicted molar refractivity (Wildman–Crippen MR) is 284 cm³/mol. The molecule has 0 bridgehead atoms. The number of benzene rings is 4. The number of pyridine rings is 2. The van der Waals surface area contributed by atoms with E-state index in [1.54, 1.807) is 0 Å². The molecule has 2 heterocycles. The second kappa shape index (κ2) is 23.6. The molecular formula is C58H78IrN2O2Si2-2. The molecule has 6 aromatic rings. The van der Waals surface area contributed by atoms with E-state index in [4.69, 9.17) is 9.97 Å². The Kier molecular flexibility index (Phi) is 20.1. The molecule has 4 aromatic carbocycles. The van der Waals surface area contributed by atoms with Crippen molar-refractivity contribution in [2.24, 2.45) is 11.3 Å². The van der Waals surface area contributed by atoms with Crippen molar-refractivity contribution in [3.8, 4) is 22.5 Å². The molecule has 7 heteroatoms. The minimum Gasteiger partial charge on any atom is -0.512 e. The summed E-state index contributed by atoms with van der Waals surface area (Å²) in [4.78, 5) is 21.2. The number of aliphatic hydroxyl groups excluding tert-OH is 1. The van der Waals surface area contributed by atoms with Crippen LogP contribution in [0.25, 0.3) is 44.1 Å². The van der Waals surface area contributed by atoms with E-state index in [0.717, 1.165) is 48.2 Å². The van der Waals surface area contributed by atoms with E-state index in [1.807, 2.05) is 47.0 Å². The maximum Gasteiger partial charge on any atom is 0.162 e. The molecule has 0 spiro atoms. The van der Waals surface area contributed by atoms with Crippen molar-refractivity contribution in [3.05, 3.63) is 131 Å². The van der Waals surface area contributed by atoms with Crippen LogP contribution in [-0.2, 0) is 24.9 Å². The molecular weight excluding hydrogens is 1010 g/mol. The second-order valence-corrected chi connectivity index (χ2v) is 30.9. The van der Waals surface area contributed by atoms with E-state index in [2.05, 4.69) is 166 Å². The number of aliphatic hydroxyl groups is 1. The Morgan fingerprint density at radius 1 is 0.646 bits per heavy atom. The van der Waals surface area contributed by atoms with Gasteiger partial charge in [0.05, 0.1) is 16.1 Å². The average Bonchev–Trinajstić information content (AvgIpc) is 3.25. The Morgan fingerprint density at radius 3 is 1.35 bits per heavy atom. The number of carbonyl (C=O) groups is 1. The maximum atomic E-state index is 11.9. The molecule has 2 aromatic heterocycles. The Hall–Kier alpha value is -4.01. The van der Waals surface area contributed by atoms with Crippen LogP contribution in [-0.4, -0.2) is 37.0 Å². The fourth-order valence-corrected chi connectivity index (χ4v) is 10.2. The van der Waals surface area contributed by atoms with Gasteiger partial charge in [0.2, 0.25) is 0 Å². The van der Waals surface area contributed by atoms with Gasteiger partial charge in [0.25, 0.3) is 0 Å². The SMILES string of the molecule is CCC(CC)C(=O)/C=C(\O)C(C)(CC)CC.Cc1[c-]c(-c2nccc3cc([Si](C)(C)C)ccc23)cc(C(C)C)c1.Cc1[c-]c(-c2nccc3cc([Si](C)(C)C)ccc23)cc(C(C)C)c1.[Ir]. The summed E-state index contributed by atoms with van der Waals surface area (Å²) in [6, 6.07) is 34.0. The third-order valence-electron chi connectivity index (χ3n) is 13.0. The van der Waals surface area contributed by atoms with Crippen LogP contribution in [0, 0.1) is 37.3 Å². The summed E-state index contributed by atoms with van der Waals surface area (Å²) >= 11 is 0. The summed E-state index contributed by atoms with van der Waals surface area (Å²) in [6.07, 6.45) is 8.69. The van der Waals surface area contributed by atoms with Crippen LogP contribution in [0.15, 0.2) is 97.0 Å². The first-order chi connectivity index (χ1) is 30.0. The van der Waals surface area contributed by atoms with Crippen LogP contribution in [0.2, 0.25) is 39.3 Å². The Balaban J connectivity index is 0.000000264. The number of hydrogen-bond donors (Lipinski definition) is 1. The zero-order valence-corrected chi connectivity index (χ0v) is 47.2. The molecule has 0 fully saturated rings. The minimum absolute atomic E-state index is 0. The van der Waals surface area contributed by atoms with Gasteiger partial charge in [-0.1, -0.05) is 162 Å². The number of aryl methyl sites for hydroxylation is 2. The molecule has 0 saturated heterocycles. The smallest absolute Gasteiger partial charge is 0.162 e. The van der Waals surface area contributed by atoms with E-state index in [0.29, 0.717) is 11.8 Å². The van der Waals surface area contributed by atoms with Crippen molar-refractivity contribution in [3.63, 3.8) is 0 Å². The Bertz CT molecular complexity index is 2400. The van der Waals surface area contributed by atoms with E-state index < -0.39 is 16.1 Å². The molecule has 65 heavy (non-hydrogen) atoms. The van der Waals surface area contributed by atoms with E-state index >= 15 is 0 Å². The molecule has 6 rings (SSSR count). The first-order valence-electron chi connectivity index (χ1n) is 23.8. The standard InChI is InChI=1S/2C22H26NSi.C14H26O2.Ir/c2*1-15(2)18-11-16(3)12-19(13-18)22-21-8-7-20(24(4,5)6)14-17(21)9-10-23-22;1-6-11(7-2)12(15)10-13(16)14(5,8-3)9-4;/h2*7-11,13-15H,1-6H3;10-11,16H,6-9H2,1-5H3;/q2*-1;;/b;;13-10-;. The fraction of sp³-hybridized carbons (Fsp3) is 0.431. The van der Waals surface area contributed by atoms with Crippen molar-refractivity contribution in [1.82, 2.24) is 9.97 Å². The summed E-state index contributed by atoms with van der Waals surface area (Å²) in [7, 11) is -2.62. The van der Waals surface area contributed by atoms with E-state index in [1.165, 1.54) is 60.2 Å². The van der Waals surface area contributed by atoms with Gasteiger partial charge in [-0.2, -0.15) is 0 Å². The van der Waals surface area contributed by atoms with Gasteiger partial charge in [0.15, 0.2) is 5.78 Å². The molecule has 0 atom stereocenters. The molecule has 0 aliphatic carbocycles. The fourth-order valence-electron chi connectivity index (χ4n) is 7.86. The summed E-state index contributed by atoms with van der Waals surface area (Å²) < 4.78 is 0. The number of allylic oxidation sites excluding steroid dienone is 2. The quantitative estimate of drug-likeness (QED) is 0.0542.